The Hall–Kier alpha value is -2.94. The lowest BCUT2D eigenvalue weighted by Gasteiger charge is -2.20. The van der Waals surface area contributed by atoms with Gasteiger partial charge in [-0.3, -0.25) is 0 Å². The molecule has 134 valence electrons. The summed E-state index contributed by atoms with van der Waals surface area (Å²) in [5.41, 5.74) is 0.918. The van der Waals surface area contributed by atoms with Gasteiger partial charge in [-0.1, -0.05) is 35.5 Å². The molecule has 2 amide bonds. The maximum absolute atomic E-state index is 12.1. The Morgan fingerprint density at radius 1 is 1.36 bits per heavy atom. The van der Waals surface area contributed by atoms with Crippen molar-refractivity contribution in [3.8, 4) is 0 Å². The van der Waals surface area contributed by atoms with Crippen LogP contribution in [0.25, 0.3) is 0 Å². The fourth-order valence-corrected chi connectivity index (χ4v) is 1.98. The Bertz CT molecular complexity index is 704. The number of urea groups is 1. The van der Waals surface area contributed by atoms with Crippen molar-refractivity contribution in [1.82, 2.24) is 20.4 Å². The molecule has 0 bridgehead atoms. The lowest BCUT2D eigenvalue weighted by molar-refractivity contribution is -0.141. The number of carbonyl (C=O) groups is 2. The summed E-state index contributed by atoms with van der Waals surface area (Å²) >= 11 is 0. The topological polar surface area (TPSA) is 118 Å². The van der Waals surface area contributed by atoms with Crippen LogP contribution in [0, 0.1) is 6.92 Å². The summed E-state index contributed by atoms with van der Waals surface area (Å²) in [6.07, 6.45) is 0. The summed E-state index contributed by atoms with van der Waals surface area (Å²) in [5, 5.41) is 15.3. The molecule has 1 atom stereocenters. The Labute approximate surface area is 144 Å². The van der Waals surface area contributed by atoms with Gasteiger partial charge in [-0.15, -0.1) is 0 Å². The van der Waals surface area contributed by atoms with Gasteiger partial charge >= 0.3 is 12.0 Å². The van der Waals surface area contributed by atoms with Crippen LogP contribution in [0.15, 0.2) is 34.9 Å². The molecule has 2 aromatic rings. The summed E-state index contributed by atoms with van der Waals surface area (Å²) in [6, 6.07) is 7.61. The van der Waals surface area contributed by atoms with Crippen molar-refractivity contribution in [3.63, 3.8) is 0 Å². The molecule has 0 saturated carbocycles. The third-order valence-electron chi connectivity index (χ3n) is 3.28. The Morgan fingerprint density at radius 2 is 2.08 bits per heavy atom. The van der Waals surface area contributed by atoms with Crippen LogP contribution in [-0.2, 0) is 22.7 Å². The quantitative estimate of drug-likeness (QED) is 0.735. The van der Waals surface area contributed by atoms with Crippen LogP contribution in [-0.4, -0.2) is 51.8 Å². The second-order valence-electron chi connectivity index (χ2n) is 5.43. The molecule has 0 unspecified atom stereocenters. The van der Waals surface area contributed by atoms with E-state index < -0.39 is 18.0 Å². The molecule has 1 aromatic heterocycles. The molecule has 0 aliphatic heterocycles. The summed E-state index contributed by atoms with van der Waals surface area (Å²) < 4.78 is 10.3. The van der Waals surface area contributed by atoms with Crippen LogP contribution < -0.4 is 5.32 Å². The highest BCUT2D eigenvalue weighted by atomic mass is 16.5. The predicted molar refractivity (Wildman–Crippen MR) is 86.6 cm³/mol. The normalized spacial score (nSPS) is 11.8. The van der Waals surface area contributed by atoms with E-state index in [-0.39, 0.29) is 25.6 Å². The lowest BCUT2D eigenvalue weighted by Crippen LogP contribution is -2.48. The van der Waals surface area contributed by atoms with Crippen LogP contribution in [0.2, 0.25) is 0 Å². The molecule has 0 fully saturated rings. The average molecular weight is 348 g/mol. The van der Waals surface area contributed by atoms with Gasteiger partial charge in [-0.25, -0.2) is 9.59 Å². The molecule has 25 heavy (non-hydrogen) atoms. The number of amides is 2. The summed E-state index contributed by atoms with van der Waals surface area (Å²) in [6.45, 7) is 1.85. The van der Waals surface area contributed by atoms with Crippen molar-refractivity contribution >= 4 is 12.0 Å². The van der Waals surface area contributed by atoms with E-state index in [0.29, 0.717) is 5.82 Å². The van der Waals surface area contributed by atoms with E-state index in [4.69, 9.17) is 9.26 Å². The number of nitrogens with zero attached hydrogens (tertiary/aromatic N) is 3. The highest BCUT2D eigenvalue weighted by Crippen LogP contribution is 2.03. The van der Waals surface area contributed by atoms with Crippen molar-refractivity contribution in [2.45, 2.75) is 26.1 Å². The van der Waals surface area contributed by atoms with E-state index in [1.54, 1.807) is 6.92 Å². The molecule has 0 saturated heterocycles. The number of aliphatic carboxylic acids is 1. The van der Waals surface area contributed by atoms with Crippen molar-refractivity contribution < 1.29 is 24.0 Å². The van der Waals surface area contributed by atoms with E-state index >= 15 is 0 Å². The third-order valence-corrected chi connectivity index (χ3v) is 3.28. The second kappa shape index (κ2) is 8.78. The molecule has 0 aliphatic rings. The number of carbonyl (C=O) groups excluding carboxylic acids is 1. The van der Waals surface area contributed by atoms with E-state index in [2.05, 4.69) is 15.5 Å². The maximum atomic E-state index is 12.1. The van der Waals surface area contributed by atoms with E-state index in [1.165, 1.54) is 11.9 Å². The number of carboxylic acid groups (broad SMARTS) is 1. The molecule has 1 heterocycles. The van der Waals surface area contributed by atoms with Gasteiger partial charge in [0.2, 0.25) is 5.89 Å². The highest BCUT2D eigenvalue weighted by Gasteiger charge is 2.23. The van der Waals surface area contributed by atoms with Crippen molar-refractivity contribution in [2.75, 3.05) is 13.7 Å². The summed E-state index contributed by atoms with van der Waals surface area (Å²) in [7, 11) is 1.50. The standard InChI is InChI=1S/C16H20N4O5/c1-11-17-14(25-19-11)8-20(2)16(23)18-13(15(21)22)10-24-9-12-6-4-3-5-7-12/h3-7,13H,8-10H2,1-2H3,(H,18,23)(H,21,22)/t13-/m0/s1. The zero-order chi connectivity index (χ0) is 18.2. The first-order valence-corrected chi connectivity index (χ1v) is 7.61. The number of hydrogen-bond acceptors (Lipinski definition) is 6. The minimum Gasteiger partial charge on any atom is -0.480 e. The molecular weight excluding hydrogens is 328 g/mol. The third kappa shape index (κ3) is 5.88. The van der Waals surface area contributed by atoms with Gasteiger partial charge in [-0.2, -0.15) is 4.98 Å². The van der Waals surface area contributed by atoms with Crippen LogP contribution >= 0.6 is 0 Å². The van der Waals surface area contributed by atoms with Gasteiger partial charge in [0.1, 0.15) is 6.54 Å². The SMILES string of the molecule is Cc1noc(CN(C)C(=O)N[C@@H](COCc2ccccc2)C(=O)O)n1. The fraction of sp³-hybridized carbons (Fsp3) is 0.375. The minimum absolute atomic E-state index is 0.0733. The molecule has 0 aliphatic carbocycles. The molecule has 9 nitrogen and oxygen atoms in total. The highest BCUT2D eigenvalue weighted by molar-refractivity contribution is 5.82. The molecule has 9 heteroatoms. The van der Waals surface area contributed by atoms with Gasteiger partial charge in [-0.05, 0) is 12.5 Å². The van der Waals surface area contributed by atoms with Crippen LogP contribution in [0.3, 0.4) is 0 Å². The molecular formula is C16H20N4O5. The smallest absolute Gasteiger partial charge is 0.328 e. The van der Waals surface area contributed by atoms with Gasteiger partial charge in [0.25, 0.3) is 0 Å². The first kappa shape index (κ1) is 18.4. The largest absolute Gasteiger partial charge is 0.480 e. The van der Waals surface area contributed by atoms with Gasteiger partial charge in [0, 0.05) is 7.05 Å². The van der Waals surface area contributed by atoms with Crippen molar-refractivity contribution in [2.24, 2.45) is 0 Å². The minimum atomic E-state index is -1.18. The zero-order valence-electron chi connectivity index (χ0n) is 14.0. The van der Waals surface area contributed by atoms with Gasteiger partial charge < -0.3 is 24.6 Å². The molecule has 2 rings (SSSR count). The number of aryl methyl sites for hydroxylation is 1. The predicted octanol–water partition coefficient (Wildman–Crippen LogP) is 1.19. The monoisotopic (exact) mass is 348 g/mol. The Kier molecular flexibility index (Phi) is 6.47. The lowest BCUT2D eigenvalue weighted by atomic mass is 10.2. The number of rotatable bonds is 8. The van der Waals surface area contributed by atoms with Crippen LogP contribution in [0.4, 0.5) is 4.79 Å². The number of carboxylic acids is 1. The first-order valence-electron chi connectivity index (χ1n) is 7.61. The zero-order valence-corrected chi connectivity index (χ0v) is 14.0. The number of hydrogen-bond donors (Lipinski definition) is 2. The van der Waals surface area contributed by atoms with Crippen LogP contribution in [0.1, 0.15) is 17.3 Å². The second-order valence-corrected chi connectivity index (χ2v) is 5.43. The maximum Gasteiger partial charge on any atom is 0.328 e. The summed E-state index contributed by atoms with van der Waals surface area (Å²) in [4.78, 5) is 28.7. The number of ether oxygens (including phenoxy) is 1. The first-order chi connectivity index (χ1) is 12.0. The number of benzene rings is 1. The van der Waals surface area contributed by atoms with Crippen LogP contribution in [0.5, 0.6) is 0 Å². The molecule has 0 spiro atoms. The van der Waals surface area contributed by atoms with Gasteiger partial charge in [0.05, 0.1) is 13.2 Å². The van der Waals surface area contributed by atoms with Gasteiger partial charge in [0.15, 0.2) is 11.9 Å². The Morgan fingerprint density at radius 3 is 2.68 bits per heavy atom. The number of nitrogens with one attached hydrogen (secondary N) is 1. The molecule has 0 radical (unpaired) electrons. The van der Waals surface area contributed by atoms with Crippen molar-refractivity contribution in [1.29, 1.82) is 0 Å². The van der Waals surface area contributed by atoms with Crippen molar-refractivity contribution in [3.05, 3.63) is 47.6 Å². The Balaban J connectivity index is 1.82. The summed E-state index contributed by atoms with van der Waals surface area (Å²) in [5.74, 6) is -0.452. The van der Waals surface area contributed by atoms with E-state index in [9.17, 15) is 14.7 Å². The molecule has 1 aromatic carbocycles. The fourth-order valence-electron chi connectivity index (χ4n) is 1.98. The molecule has 2 N–H and O–H groups in total. The van der Waals surface area contributed by atoms with E-state index in [1.807, 2.05) is 30.3 Å². The average Bonchev–Trinajstić information content (AvgIpc) is 2.99. The van der Waals surface area contributed by atoms with E-state index in [0.717, 1.165) is 5.56 Å². The number of aromatic nitrogens is 2.